The molecule has 78 heavy (non-hydrogen) atoms. The molecule has 6 radical (unpaired) electrons. The molecule has 2 N–H and O–H groups in total. The largest absolute Gasteiger partial charge is 2.00 e. The second-order valence-electron chi connectivity index (χ2n) is 14.5. The van der Waals surface area contributed by atoms with Gasteiger partial charge < -0.3 is 110 Å². The summed E-state index contributed by atoms with van der Waals surface area (Å²) in [5, 5.41) is 30.5. The van der Waals surface area contributed by atoms with Crippen LogP contribution in [0.1, 0.15) is 0 Å². The quantitative estimate of drug-likeness (QED) is 0.176. The first-order valence-corrected chi connectivity index (χ1v) is 42.7. The second-order valence-corrected chi connectivity index (χ2v) is 39.9. The maximum atomic E-state index is 12.0. The van der Waals surface area contributed by atoms with Crippen LogP contribution in [0.15, 0.2) is 97.6 Å². The molecule has 0 aliphatic carbocycles. The van der Waals surface area contributed by atoms with Gasteiger partial charge in [-0.05, 0) is 114 Å². The average molecular weight is 1570 g/mol. The summed E-state index contributed by atoms with van der Waals surface area (Å²) in [5.74, 6) is 0. The summed E-state index contributed by atoms with van der Waals surface area (Å²) in [6, 6.07) is 23.2. The Morgan fingerprint density at radius 2 is 0.359 bits per heavy atom. The van der Waals surface area contributed by atoms with Gasteiger partial charge in [0.2, 0.25) is 88.0 Å². The molecule has 0 saturated carbocycles. The van der Waals surface area contributed by atoms with Crippen LogP contribution in [0.4, 0.5) is 0 Å². The third-order valence-corrected chi connectivity index (χ3v) is 36.6. The number of hydrogen-bond acceptors (Lipinski definition) is 28. The molecule has 0 unspecified atom stereocenters. The SMILES string of the molecule is CO.CO.C[O-].C[O-].C[Si]1([O-])O[Si](C)([O-])O[Si](C)([O-])O[Si](C)([O-])O[Si](C)([O-])O1.C[Si]1([O-])O[Si](C)([O-])O[Si](C)([O-])O[Si](C)([O-])O[Si](C)([O-])O1.[Cu+2].[Cu+2].[Cu+2].[Cu+2].[Cu+2].[Cu+2].c1ccc(-c2ccccn2)nc1.c1ccc(-c2ccccn2)nc1. The van der Waals surface area contributed by atoms with Crippen molar-refractivity contribution >= 4 is 88.0 Å². The van der Waals surface area contributed by atoms with Crippen molar-refractivity contribution in [3.63, 3.8) is 0 Å². The molecule has 0 aromatic carbocycles. The number of aliphatic hydroxyl groups is 2. The Morgan fingerprint density at radius 3 is 0.436 bits per heavy atom. The van der Waals surface area contributed by atoms with E-state index in [1.54, 1.807) is 24.8 Å². The van der Waals surface area contributed by atoms with E-state index < -0.39 is 88.0 Å². The maximum absolute atomic E-state index is 12.0. The topological polar surface area (TPSA) is 461 Å². The Hall–Kier alpha value is 0.926. The van der Waals surface area contributed by atoms with E-state index in [2.05, 4.69) is 61.1 Å². The fourth-order valence-corrected chi connectivity index (χ4v) is 38.0. The van der Waals surface area contributed by atoms with Gasteiger partial charge in [0.05, 0.1) is 22.8 Å². The van der Waals surface area contributed by atoms with Gasteiger partial charge in [-0.25, -0.2) is 0 Å². The van der Waals surface area contributed by atoms with E-state index in [1.807, 2.05) is 72.8 Å². The number of hydrogen-bond donors (Lipinski definition) is 2. The predicted molar refractivity (Wildman–Crippen MR) is 250 cm³/mol. The van der Waals surface area contributed by atoms with Crippen LogP contribution in [0, 0.1) is 0 Å². The van der Waals surface area contributed by atoms with Gasteiger partial charge in [-0.15, -0.1) is 0 Å². The summed E-state index contributed by atoms with van der Waals surface area (Å²) in [5.41, 5.74) is 3.66. The molecule has 44 heteroatoms. The third kappa shape index (κ3) is 43.5. The molecule has 2 aliphatic rings. The van der Waals surface area contributed by atoms with Crippen molar-refractivity contribution in [3.8, 4) is 22.8 Å². The average Bonchev–Trinajstić information content (AvgIpc) is 3.23. The third-order valence-electron chi connectivity index (χ3n) is 6.89. The number of rotatable bonds is 2. The minimum Gasteiger partial charge on any atom is -0.857 e. The van der Waals surface area contributed by atoms with Crippen LogP contribution in [-0.4, -0.2) is 147 Å². The van der Waals surface area contributed by atoms with Crippen LogP contribution in [-0.2, 0) is 144 Å². The molecule has 6 rings (SSSR count). The molecule has 466 valence electrons. The number of pyridine rings is 4. The van der Waals surface area contributed by atoms with Crippen molar-refractivity contribution < 1.29 is 212 Å². The normalized spacial score (nSPS) is 31.7. The van der Waals surface area contributed by atoms with Gasteiger partial charge in [-0.3, -0.25) is 19.9 Å². The molecule has 2 fully saturated rings. The molecular weight excluding hydrogens is 1510 g/mol. The second kappa shape index (κ2) is 43.5. The summed E-state index contributed by atoms with van der Waals surface area (Å²) < 4.78 is 46.9. The van der Waals surface area contributed by atoms with Gasteiger partial charge in [0, 0.05) is 39.0 Å². The zero-order valence-electron chi connectivity index (χ0n) is 43.7. The molecule has 2 saturated heterocycles. The van der Waals surface area contributed by atoms with E-state index in [0.717, 1.165) is 117 Å². The monoisotopic (exact) mass is 1570 g/mol. The standard InChI is InChI=1S/2C10H8N2.2C5H15O10Si5.2CH4O.2CH3O.6Cu/c2*1-3-7-11-9(5-1)10-6-2-4-8-12-10;2*1-16(6)11-17(2,7)13-19(4,9)15-20(5,10)14-18(3,8)12-16;4*1-2;;;;;;/h2*1-8H;2*1-5H3;2*2H,1H3;2*1H3;;;;;;/q;;2*-5;;;2*-1;6*+2. The Morgan fingerprint density at radius 1 is 0.256 bits per heavy atom. The van der Waals surface area contributed by atoms with Crippen LogP contribution in [0.25, 0.3) is 22.8 Å². The number of aliphatic hydroxyl groups excluding tert-OH is 2. The molecule has 0 atom stereocenters. The van der Waals surface area contributed by atoms with E-state index in [4.69, 9.17) is 20.4 Å². The van der Waals surface area contributed by atoms with Crippen LogP contribution >= 0.6 is 0 Å². The fraction of sp³-hybridized carbons (Fsp3) is 0.412. The van der Waals surface area contributed by atoms with Gasteiger partial charge in [0.15, 0.2) is 0 Å². The van der Waals surface area contributed by atoms with Crippen LogP contribution in [0.5, 0.6) is 0 Å². The van der Waals surface area contributed by atoms with Crippen molar-refractivity contribution in [1.82, 2.24) is 19.9 Å². The molecule has 2 aliphatic heterocycles. The van der Waals surface area contributed by atoms with Crippen LogP contribution in [0.2, 0.25) is 65.5 Å². The van der Waals surface area contributed by atoms with Crippen LogP contribution < -0.4 is 58.2 Å². The van der Waals surface area contributed by atoms with E-state index in [-0.39, 0.29) is 102 Å². The molecule has 0 bridgehead atoms. The minimum atomic E-state index is -4.41. The van der Waals surface area contributed by atoms with Gasteiger partial charge in [0.25, 0.3) is 0 Å². The molecular formula is C34H60Cu6N4O24Si10. The first-order valence-electron chi connectivity index (χ1n) is 20.4. The summed E-state index contributed by atoms with van der Waals surface area (Å²) in [7, 11) is -40.6. The van der Waals surface area contributed by atoms with Crippen molar-refractivity contribution in [1.29, 1.82) is 0 Å². The Balaban J connectivity index is -0.000000133. The molecule has 0 amide bonds. The first-order chi connectivity index (χ1) is 33.0. The van der Waals surface area contributed by atoms with E-state index in [0.29, 0.717) is 0 Å². The van der Waals surface area contributed by atoms with E-state index in [1.165, 1.54) is 0 Å². The van der Waals surface area contributed by atoms with Crippen molar-refractivity contribution in [2.24, 2.45) is 0 Å². The summed E-state index contributed by atoms with van der Waals surface area (Å²) in [6.07, 6.45) is 7.07. The zero-order valence-corrected chi connectivity index (χ0v) is 59.4. The van der Waals surface area contributed by atoms with E-state index >= 15 is 0 Å². The molecule has 0 spiro atoms. The zero-order chi connectivity index (χ0) is 56.5. The summed E-state index contributed by atoms with van der Waals surface area (Å²) in [6.45, 7) is 9.19. The Kier molecular flexibility index (Phi) is 53.2. The molecule has 4 aromatic heterocycles. The molecule has 4 aromatic rings. The Labute approximate surface area is 529 Å². The fourth-order valence-electron chi connectivity index (χ4n) is 5.63. The van der Waals surface area contributed by atoms with Gasteiger partial charge in [-0.1, -0.05) is 24.3 Å². The van der Waals surface area contributed by atoms with Crippen molar-refractivity contribution in [2.75, 3.05) is 28.4 Å². The minimum absolute atomic E-state index is 0. The van der Waals surface area contributed by atoms with Gasteiger partial charge >= 0.3 is 102 Å². The van der Waals surface area contributed by atoms with Crippen molar-refractivity contribution in [3.05, 3.63) is 97.6 Å². The summed E-state index contributed by atoms with van der Waals surface area (Å²) >= 11 is 0. The summed E-state index contributed by atoms with van der Waals surface area (Å²) in [4.78, 5) is 137. The maximum Gasteiger partial charge on any atom is 2.00 e. The molecule has 28 nitrogen and oxygen atoms in total. The van der Waals surface area contributed by atoms with Crippen LogP contribution in [0.3, 0.4) is 0 Å². The van der Waals surface area contributed by atoms with Gasteiger partial charge in [-0.2, -0.15) is 14.2 Å². The smallest absolute Gasteiger partial charge is 0.857 e. The van der Waals surface area contributed by atoms with Gasteiger partial charge in [0.1, 0.15) is 0 Å². The Bertz CT molecular complexity index is 1660. The number of aromatic nitrogens is 4. The first kappa shape index (κ1) is 95.3. The predicted octanol–water partition coefficient (Wildman–Crippen LogP) is -9.10. The van der Waals surface area contributed by atoms with Crippen molar-refractivity contribution in [2.45, 2.75) is 65.5 Å². The molecule has 6 heterocycles. The van der Waals surface area contributed by atoms with E-state index in [9.17, 15) is 48.0 Å². The number of nitrogens with zero attached hydrogens (tertiary/aromatic N) is 4.